The van der Waals surface area contributed by atoms with Gasteiger partial charge in [0.1, 0.15) is 6.29 Å². The monoisotopic (exact) mass is 254 g/mol. The Hall–Kier alpha value is -0.960. The molecule has 1 rings (SSSR count). The molecule has 1 unspecified atom stereocenters. The number of Topliss-reactive ketones (excluding diaryl/α,β-unsaturated/α-hetero) is 1. The van der Waals surface area contributed by atoms with Crippen LogP contribution in [0.5, 0.6) is 0 Å². The number of aryl methyl sites for hydroxylation is 1. The van der Waals surface area contributed by atoms with Gasteiger partial charge in [-0.05, 0) is 37.6 Å². The minimum Gasteiger partial charge on any atom is -0.298 e. The molecule has 0 aliphatic rings. The Bertz CT molecular complexity index is 370. The molecule has 0 radical (unpaired) electrons. The molecule has 0 heterocycles. The minimum absolute atomic E-state index is 0.00296. The van der Waals surface area contributed by atoms with Gasteiger partial charge < -0.3 is 0 Å². The van der Waals surface area contributed by atoms with Gasteiger partial charge >= 0.3 is 0 Å². The molecule has 3 heteroatoms. The highest BCUT2D eigenvalue weighted by molar-refractivity contribution is 9.10. The van der Waals surface area contributed by atoms with Crippen LogP contribution in [0.25, 0.3) is 0 Å². The van der Waals surface area contributed by atoms with Crippen LogP contribution < -0.4 is 0 Å². The molecular formula is C11H11BrO2. The zero-order chi connectivity index (χ0) is 10.7. The Morgan fingerprint density at radius 1 is 1.43 bits per heavy atom. The third-order valence-electron chi connectivity index (χ3n) is 1.88. The highest BCUT2D eigenvalue weighted by atomic mass is 79.9. The van der Waals surface area contributed by atoms with E-state index in [1.165, 1.54) is 0 Å². The number of carbonyl (C=O) groups excluding carboxylic acids is 2. The van der Waals surface area contributed by atoms with Crippen LogP contribution in [0.1, 0.15) is 33.2 Å². The number of hydrogen-bond acceptors (Lipinski definition) is 2. The number of aldehydes is 1. The zero-order valence-corrected chi connectivity index (χ0v) is 9.67. The summed E-state index contributed by atoms with van der Waals surface area (Å²) in [4.78, 5) is 22.0. The number of benzene rings is 1. The van der Waals surface area contributed by atoms with Crippen molar-refractivity contribution >= 4 is 28.0 Å². The number of rotatable bonds is 3. The first-order valence-electron chi connectivity index (χ1n) is 4.29. The normalized spacial score (nSPS) is 12.2. The summed E-state index contributed by atoms with van der Waals surface area (Å²) in [5.41, 5.74) is 2.05. The smallest absolute Gasteiger partial charge is 0.176 e. The summed E-state index contributed by atoms with van der Waals surface area (Å²) in [5, 5.41) is 0. The van der Waals surface area contributed by atoms with E-state index in [0.29, 0.717) is 11.1 Å². The highest BCUT2D eigenvalue weighted by Crippen LogP contribution is 2.13. The van der Waals surface area contributed by atoms with Crippen LogP contribution in [0.4, 0.5) is 0 Å². The molecule has 74 valence electrons. The lowest BCUT2D eigenvalue weighted by molar-refractivity contribution is 0.0995. The minimum atomic E-state index is -0.219. The van der Waals surface area contributed by atoms with Gasteiger partial charge in [-0.1, -0.05) is 15.9 Å². The fraction of sp³-hybridized carbons (Fsp3) is 0.273. The molecule has 0 aliphatic carbocycles. The number of hydrogen-bond donors (Lipinski definition) is 0. The van der Waals surface area contributed by atoms with E-state index in [0.717, 1.165) is 11.8 Å². The second-order valence-electron chi connectivity index (χ2n) is 3.23. The Morgan fingerprint density at radius 2 is 2.07 bits per heavy atom. The van der Waals surface area contributed by atoms with Crippen molar-refractivity contribution in [2.75, 3.05) is 0 Å². The number of alkyl halides is 1. The zero-order valence-electron chi connectivity index (χ0n) is 8.08. The molecule has 0 saturated carbocycles. The summed E-state index contributed by atoms with van der Waals surface area (Å²) in [5.74, 6) is -0.00296. The Balaban J connectivity index is 3.15. The molecule has 0 bridgehead atoms. The molecule has 0 amide bonds. The maximum absolute atomic E-state index is 11.6. The van der Waals surface area contributed by atoms with Crippen LogP contribution in [-0.4, -0.2) is 16.9 Å². The summed E-state index contributed by atoms with van der Waals surface area (Å²) < 4.78 is 0. The lowest BCUT2D eigenvalue weighted by Gasteiger charge is -2.04. The Morgan fingerprint density at radius 3 is 2.57 bits per heavy atom. The van der Waals surface area contributed by atoms with Crippen molar-refractivity contribution in [3.8, 4) is 0 Å². The molecule has 0 saturated heterocycles. The van der Waals surface area contributed by atoms with Crippen LogP contribution in [0, 0.1) is 6.92 Å². The van der Waals surface area contributed by atoms with Gasteiger partial charge in [0.05, 0.1) is 4.83 Å². The van der Waals surface area contributed by atoms with Gasteiger partial charge in [-0.25, -0.2) is 0 Å². The number of halogens is 1. The van der Waals surface area contributed by atoms with Crippen LogP contribution in [0.3, 0.4) is 0 Å². The Kier molecular flexibility index (Phi) is 3.58. The average molecular weight is 255 g/mol. The fourth-order valence-electron chi connectivity index (χ4n) is 1.25. The van der Waals surface area contributed by atoms with E-state index in [2.05, 4.69) is 15.9 Å². The molecule has 0 fully saturated rings. The highest BCUT2D eigenvalue weighted by Gasteiger charge is 2.12. The molecule has 0 N–H and O–H groups in total. The maximum Gasteiger partial charge on any atom is 0.176 e. The predicted octanol–water partition coefficient (Wildman–Crippen LogP) is 2.77. The number of carbonyl (C=O) groups is 2. The average Bonchev–Trinajstić information content (AvgIpc) is 2.15. The van der Waals surface area contributed by atoms with Crippen molar-refractivity contribution in [2.45, 2.75) is 18.7 Å². The first-order valence-corrected chi connectivity index (χ1v) is 5.21. The topological polar surface area (TPSA) is 34.1 Å². The number of ketones is 1. The predicted molar refractivity (Wildman–Crippen MR) is 59.3 cm³/mol. The first-order chi connectivity index (χ1) is 6.54. The van der Waals surface area contributed by atoms with Crippen molar-refractivity contribution in [2.24, 2.45) is 0 Å². The summed E-state index contributed by atoms with van der Waals surface area (Å²) in [6.45, 7) is 3.63. The fourth-order valence-corrected chi connectivity index (χ4v) is 1.52. The molecule has 0 spiro atoms. The van der Waals surface area contributed by atoms with E-state index < -0.39 is 0 Å². The maximum atomic E-state index is 11.6. The van der Waals surface area contributed by atoms with Gasteiger partial charge in [0, 0.05) is 11.1 Å². The van der Waals surface area contributed by atoms with Gasteiger partial charge in [0.15, 0.2) is 5.78 Å². The van der Waals surface area contributed by atoms with Crippen molar-refractivity contribution in [3.05, 3.63) is 34.9 Å². The van der Waals surface area contributed by atoms with Gasteiger partial charge in [-0.2, -0.15) is 0 Å². The molecule has 1 aromatic rings. The van der Waals surface area contributed by atoms with Crippen molar-refractivity contribution in [1.82, 2.24) is 0 Å². The van der Waals surface area contributed by atoms with Crippen molar-refractivity contribution in [3.63, 3.8) is 0 Å². The SMILES string of the molecule is Cc1cc(C=O)cc(C(=O)C(C)Br)c1. The Labute approximate surface area is 91.4 Å². The first kappa shape index (κ1) is 11.1. The van der Waals surface area contributed by atoms with Gasteiger partial charge in [-0.3, -0.25) is 9.59 Å². The summed E-state index contributed by atoms with van der Waals surface area (Å²) in [7, 11) is 0. The molecule has 0 aromatic heterocycles. The second-order valence-corrected chi connectivity index (χ2v) is 4.60. The third kappa shape index (κ3) is 2.51. The lowest BCUT2D eigenvalue weighted by Crippen LogP contribution is -2.10. The van der Waals surface area contributed by atoms with Crippen LogP contribution in [-0.2, 0) is 0 Å². The largest absolute Gasteiger partial charge is 0.298 e. The van der Waals surface area contributed by atoms with E-state index in [4.69, 9.17) is 0 Å². The molecule has 1 atom stereocenters. The molecule has 1 aromatic carbocycles. The quantitative estimate of drug-likeness (QED) is 0.472. The van der Waals surface area contributed by atoms with Crippen LogP contribution >= 0.6 is 15.9 Å². The molecule has 2 nitrogen and oxygen atoms in total. The summed E-state index contributed by atoms with van der Waals surface area (Å²) in [6, 6.07) is 5.15. The summed E-state index contributed by atoms with van der Waals surface area (Å²) in [6.07, 6.45) is 0.753. The van der Waals surface area contributed by atoms with Crippen molar-refractivity contribution in [1.29, 1.82) is 0 Å². The van der Waals surface area contributed by atoms with E-state index in [1.807, 2.05) is 6.92 Å². The second kappa shape index (κ2) is 4.51. The van der Waals surface area contributed by atoms with Gasteiger partial charge in [0.2, 0.25) is 0 Å². The molecular weight excluding hydrogens is 244 g/mol. The van der Waals surface area contributed by atoms with E-state index in [9.17, 15) is 9.59 Å². The van der Waals surface area contributed by atoms with E-state index >= 15 is 0 Å². The molecule has 14 heavy (non-hydrogen) atoms. The van der Waals surface area contributed by atoms with Crippen LogP contribution in [0.2, 0.25) is 0 Å². The van der Waals surface area contributed by atoms with Crippen LogP contribution in [0.15, 0.2) is 18.2 Å². The van der Waals surface area contributed by atoms with Gasteiger partial charge in [-0.15, -0.1) is 0 Å². The van der Waals surface area contributed by atoms with Crippen molar-refractivity contribution < 1.29 is 9.59 Å². The third-order valence-corrected chi connectivity index (χ3v) is 2.30. The molecule has 0 aliphatic heterocycles. The van der Waals surface area contributed by atoms with Gasteiger partial charge in [0.25, 0.3) is 0 Å². The van der Waals surface area contributed by atoms with E-state index in [-0.39, 0.29) is 10.6 Å². The lowest BCUT2D eigenvalue weighted by atomic mass is 10.0. The van der Waals surface area contributed by atoms with E-state index in [1.54, 1.807) is 25.1 Å². The summed E-state index contributed by atoms with van der Waals surface area (Å²) >= 11 is 3.21. The standard InChI is InChI=1S/C11H11BrO2/c1-7-3-9(6-13)5-10(4-7)11(14)8(2)12/h3-6,8H,1-2H3.